The van der Waals surface area contributed by atoms with Crippen LogP contribution in [0.5, 0.6) is 0 Å². The first-order chi connectivity index (χ1) is 12.7. The number of hydrogen-bond acceptors (Lipinski definition) is 4. The van der Waals surface area contributed by atoms with Crippen LogP contribution in [0.3, 0.4) is 0 Å². The molecule has 0 radical (unpaired) electrons. The van der Waals surface area contributed by atoms with Crippen molar-refractivity contribution in [3.05, 3.63) is 60.3 Å². The van der Waals surface area contributed by atoms with E-state index in [1.807, 2.05) is 54.0 Å². The van der Waals surface area contributed by atoms with Crippen molar-refractivity contribution in [2.45, 2.75) is 25.7 Å². The number of halogens is 1. The third-order valence-corrected chi connectivity index (χ3v) is 5.14. The van der Waals surface area contributed by atoms with E-state index in [0.29, 0.717) is 5.92 Å². The van der Waals surface area contributed by atoms with Gasteiger partial charge in [-0.05, 0) is 44.0 Å². The fraction of sp³-hybridized carbons (Fsp3) is 0.211. The van der Waals surface area contributed by atoms with Crippen molar-refractivity contribution >= 4 is 18.0 Å². The molecule has 0 saturated heterocycles. The highest BCUT2D eigenvalue weighted by atomic mass is 32.2. The molecular weight excluding hydrogens is 349 g/mol. The Labute approximate surface area is 154 Å². The number of rotatable bonds is 4. The molecule has 1 fully saturated rings. The zero-order valence-corrected chi connectivity index (χ0v) is 14.9. The maximum absolute atomic E-state index is 13.7. The van der Waals surface area contributed by atoms with Gasteiger partial charge in [0.25, 0.3) is 0 Å². The van der Waals surface area contributed by atoms with Gasteiger partial charge >= 0.3 is 0 Å². The number of aromatic nitrogens is 5. The zero-order valence-electron chi connectivity index (χ0n) is 14.1. The van der Waals surface area contributed by atoms with Crippen LogP contribution in [0.2, 0.25) is 0 Å². The molecule has 4 heterocycles. The quantitative estimate of drug-likeness (QED) is 0.520. The van der Waals surface area contributed by atoms with Gasteiger partial charge in [-0.1, -0.05) is 6.07 Å². The molecule has 5 rings (SSSR count). The summed E-state index contributed by atoms with van der Waals surface area (Å²) in [6, 6.07) is 9.83. The van der Waals surface area contributed by atoms with E-state index in [1.54, 1.807) is 6.20 Å². The molecule has 0 aromatic carbocycles. The van der Waals surface area contributed by atoms with Gasteiger partial charge in [-0.3, -0.25) is 4.98 Å². The second-order valence-electron chi connectivity index (χ2n) is 6.60. The number of fused-ring (bicyclic) bond motifs is 1. The van der Waals surface area contributed by atoms with E-state index in [-0.39, 0.29) is 12.3 Å². The highest BCUT2D eigenvalue weighted by Crippen LogP contribution is 2.48. The second kappa shape index (κ2) is 5.95. The molecule has 0 N–H and O–H groups in total. The summed E-state index contributed by atoms with van der Waals surface area (Å²) in [5.74, 6) is 0.345. The molecule has 0 atom stereocenters. The van der Waals surface area contributed by atoms with Crippen molar-refractivity contribution in [3.8, 4) is 22.5 Å². The Morgan fingerprint density at radius 1 is 1.19 bits per heavy atom. The van der Waals surface area contributed by atoms with Crippen LogP contribution in [0.25, 0.3) is 28.2 Å². The predicted octanol–water partition coefficient (Wildman–Crippen LogP) is 4.83. The lowest BCUT2D eigenvalue weighted by Gasteiger charge is -2.08. The fourth-order valence-electron chi connectivity index (χ4n) is 3.39. The molecule has 0 spiro atoms. The summed E-state index contributed by atoms with van der Waals surface area (Å²) in [5, 5.41) is 4.56. The molecule has 4 aromatic rings. The van der Waals surface area contributed by atoms with Crippen molar-refractivity contribution < 1.29 is 3.89 Å². The van der Waals surface area contributed by atoms with Gasteiger partial charge < -0.3 is 4.40 Å². The monoisotopic (exact) mass is 365 g/mol. The lowest BCUT2D eigenvalue weighted by Crippen LogP contribution is -1.94. The number of aryl methyl sites for hydroxylation is 1. The Morgan fingerprint density at radius 3 is 2.85 bits per heavy atom. The Balaban J connectivity index is 1.79. The fourth-order valence-corrected chi connectivity index (χ4v) is 3.82. The summed E-state index contributed by atoms with van der Waals surface area (Å²) in [6.45, 7) is 1.95. The van der Waals surface area contributed by atoms with E-state index in [9.17, 15) is 3.89 Å². The van der Waals surface area contributed by atoms with Crippen LogP contribution < -0.4 is 0 Å². The molecule has 0 aliphatic heterocycles. The first kappa shape index (κ1) is 15.6. The molecule has 1 aliphatic rings. The van der Waals surface area contributed by atoms with Gasteiger partial charge in [0, 0.05) is 41.3 Å². The third kappa shape index (κ3) is 2.50. The van der Waals surface area contributed by atoms with E-state index in [1.165, 1.54) is 4.09 Å². The molecule has 7 heteroatoms. The molecule has 0 bridgehead atoms. The number of pyridine rings is 2. The predicted molar refractivity (Wildman–Crippen MR) is 100 cm³/mol. The van der Waals surface area contributed by atoms with Crippen LogP contribution in [-0.2, 0) is 0 Å². The Bertz CT molecular complexity index is 1110. The molecule has 26 heavy (non-hydrogen) atoms. The van der Waals surface area contributed by atoms with E-state index in [0.717, 1.165) is 52.4 Å². The lowest BCUT2D eigenvalue weighted by atomic mass is 10.0. The summed E-state index contributed by atoms with van der Waals surface area (Å²) in [6.07, 6.45) is 7.83. The van der Waals surface area contributed by atoms with Gasteiger partial charge in [0.1, 0.15) is 11.3 Å². The summed E-state index contributed by atoms with van der Waals surface area (Å²) in [7, 11) is 0. The van der Waals surface area contributed by atoms with E-state index in [4.69, 9.17) is 0 Å². The van der Waals surface area contributed by atoms with Gasteiger partial charge in [0.2, 0.25) is 0 Å². The van der Waals surface area contributed by atoms with Crippen molar-refractivity contribution in [2.75, 3.05) is 0 Å². The van der Waals surface area contributed by atoms with Crippen LogP contribution in [0.1, 0.15) is 30.1 Å². The molecule has 0 amide bonds. The van der Waals surface area contributed by atoms with Crippen molar-refractivity contribution in [1.82, 2.24) is 23.6 Å². The van der Waals surface area contributed by atoms with E-state index >= 15 is 0 Å². The minimum absolute atomic E-state index is 0.156. The molecule has 130 valence electrons. The Morgan fingerprint density at radius 2 is 2.08 bits per heavy atom. The lowest BCUT2D eigenvalue weighted by molar-refractivity contribution is 0.841. The average molecular weight is 365 g/mol. The molecular formula is C19H16FN5S. The van der Waals surface area contributed by atoms with Crippen LogP contribution in [0.4, 0.5) is 3.89 Å². The maximum atomic E-state index is 13.7. The summed E-state index contributed by atoms with van der Waals surface area (Å²) in [5.41, 5.74) is 6.18. The number of imidazole rings is 1. The smallest absolute Gasteiger partial charge is 0.187 e. The summed E-state index contributed by atoms with van der Waals surface area (Å²) >= 11 is 0.156. The van der Waals surface area contributed by atoms with Crippen molar-refractivity contribution in [3.63, 3.8) is 0 Å². The van der Waals surface area contributed by atoms with E-state index in [2.05, 4.69) is 15.1 Å². The second-order valence-corrected chi connectivity index (χ2v) is 7.08. The average Bonchev–Trinajstić information content (AvgIpc) is 3.25. The SMILES string of the molecule is Cc1cccc(-c2nn(SF)c(C3CC3)c2-c2ccc3nccn3c2)n1. The van der Waals surface area contributed by atoms with Gasteiger partial charge in [-0.2, -0.15) is 9.19 Å². The largest absolute Gasteiger partial charge is 0.306 e. The van der Waals surface area contributed by atoms with Gasteiger partial charge in [-0.25, -0.2) is 4.98 Å². The summed E-state index contributed by atoms with van der Waals surface area (Å²) in [4.78, 5) is 8.93. The van der Waals surface area contributed by atoms with Crippen LogP contribution in [-0.4, -0.2) is 23.6 Å². The topological polar surface area (TPSA) is 48.0 Å². The molecule has 4 aromatic heterocycles. The minimum atomic E-state index is 0.156. The Kier molecular flexibility index (Phi) is 3.56. The van der Waals surface area contributed by atoms with Crippen LogP contribution in [0.15, 0.2) is 48.9 Å². The first-order valence-corrected chi connectivity index (χ1v) is 9.21. The highest BCUT2D eigenvalue weighted by Gasteiger charge is 2.34. The maximum Gasteiger partial charge on any atom is 0.187 e. The summed E-state index contributed by atoms with van der Waals surface area (Å²) < 4.78 is 17.1. The minimum Gasteiger partial charge on any atom is -0.306 e. The standard InChI is InChI=1S/C19H16FN5S/c1-12-3-2-4-15(22-12)18-17(19(13-5-6-13)25(23-18)26-20)14-7-8-16-21-9-10-24(16)11-14/h2-4,7-11,13H,5-6H2,1H3. The van der Waals surface area contributed by atoms with Gasteiger partial charge in [0.05, 0.1) is 11.4 Å². The number of hydrogen-bond donors (Lipinski definition) is 0. The highest BCUT2D eigenvalue weighted by molar-refractivity contribution is 7.92. The van der Waals surface area contributed by atoms with Gasteiger partial charge in [0.15, 0.2) is 12.3 Å². The molecule has 1 aliphatic carbocycles. The third-order valence-electron chi connectivity index (χ3n) is 4.73. The van der Waals surface area contributed by atoms with Crippen LogP contribution in [0, 0.1) is 6.92 Å². The van der Waals surface area contributed by atoms with Crippen molar-refractivity contribution in [1.29, 1.82) is 0 Å². The first-order valence-electron chi connectivity index (χ1n) is 8.53. The number of nitrogens with zero attached hydrogens (tertiary/aromatic N) is 5. The molecule has 5 nitrogen and oxygen atoms in total. The Hall–Kier alpha value is -2.67. The van der Waals surface area contributed by atoms with Crippen molar-refractivity contribution in [2.24, 2.45) is 0 Å². The van der Waals surface area contributed by atoms with Gasteiger partial charge in [-0.15, -0.1) is 3.89 Å². The van der Waals surface area contributed by atoms with E-state index < -0.39 is 0 Å². The zero-order chi connectivity index (χ0) is 17.7. The van der Waals surface area contributed by atoms with Crippen LogP contribution >= 0.6 is 12.3 Å². The molecule has 1 saturated carbocycles. The normalized spacial score (nSPS) is 14.2. The molecule has 0 unspecified atom stereocenters.